The van der Waals surface area contributed by atoms with Crippen LogP contribution in [0.4, 0.5) is 10.1 Å². The summed E-state index contributed by atoms with van der Waals surface area (Å²) >= 11 is 5.56. The second-order valence-corrected chi connectivity index (χ2v) is 8.12. The fourth-order valence-corrected chi connectivity index (χ4v) is 5.01. The van der Waals surface area contributed by atoms with E-state index in [-0.39, 0.29) is 22.8 Å². The van der Waals surface area contributed by atoms with Gasteiger partial charge in [0, 0.05) is 6.07 Å². The number of aromatic hydroxyl groups is 1. The van der Waals surface area contributed by atoms with Crippen molar-refractivity contribution in [2.45, 2.75) is 30.1 Å². The van der Waals surface area contributed by atoms with Crippen LogP contribution in [0.2, 0.25) is 5.02 Å². The predicted molar refractivity (Wildman–Crippen MR) is 83.2 cm³/mol. The van der Waals surface area contributed by atoms with E-state index in [0.717, 1.165) is 0 Å². The first kappa shape index (κ1) is 18.1. The summed E-state index contributed by atoms with van der Waals surface area (Å²) in [6.45, 7) is 0. The molecule has 11 heteroatoms. The lowest BCUT2D eigenvalue weighted by molar-refractivity contribution is -0.125. The standard InChI is InChI=1S/C14H13ClFNO7S/c15-6-4-7(16)8(5-10(6)19)17-12(20)11-9(18)2-1-3-14(11,13(17)21)25(22,23)24/h4-5,9,11,18-19H,1-3H2,(H,22,23,24). The van der Waals surface area contributed by atoms with Crippen LogP contribution in [-0.2, 0) is 19.7 Å². The average molecular weight is 394 g/mol. The summed E-state index contributed by atoms with van der Waals surface area (Å²) < 4.78 is 45.2. The third-order valence-electron chi connectivity index (χ3n) is 4.70. The molecule has 3 N–H and O–H groups in total. The van der Waals surface area contributed by atoms with E-state index < -0.39 is 62.4 Å². The van der Waals surface area contributed by atoms with Crippen LogP contribution in [-0.4, -0.2) is 45.8 Å². The first-order valence-electron chi connectivity index (χ1n) is 7.24. The Morgan fingerprint density at radius 2 is 1.96 bits per heavy atom. The molecule has 25 heavy (non-hydrogen) atoms. The molecule has 1 aliphatic carbocycles. The highest BCUT2D eigenvalue weighted by Crippen LogP contribution is 2.48. The van der Waals surface area contributed by atoms with Crippen molar-refractivity contribution in [2.24, 2.45) is 5.92 Å². The number of anilines is 1. The number of carbonyl (C=O) groups excluding carboxylic acids is 2. The van der Waals surface area contributed by atoms with Crippen LogP contribution in [0.15, 0.2) is 12.1 Å². The second-order valence-electron chi connectivity index (χ2n) is 6.04. The van der Waals surface area contributed by atoms with E-state index in [1.165, 1.54) is 0 Å². The van der Waals surface area contributed by atoms with Crippen molar-refractivity contribution < 1.29 is 37.2 Å². The number of hydrogen-bond donors (Lipinski definition) is 3. The SMILES string of the molecule is O=C1C2C(O)CCCC2(S(=O)(=O)O)C(=O)N1c1cc(O)c(Cl)cc1F. The maximum absolute atomic E-state index is 14.2. The zero-order valence-corrected chi connectivity index (χ0v) is 14.1. The van der Waals surface area contributed by atoms with Crippen molar-refractivity contribution in [3.8, 4) is 5.75 Å². The van der Waals surface area contributed by atoms with Gasteiger partial charge in [-0.2, -0.15) is 8.42 Å². The molecule has 0 aromatic heterocycles. The van der Waals surface area contributed by atoms with Gasteiger partial charge >= 0.3 is 0 Å². The summed E-state index contributed by atoms with van der Waals surface area (Å²) in [6.07, 6.45) is -1.78. The normalized spacial score (nSPS) is 29.8. The molecule has 0 radical (unpaired) electrons. The number of rotatable bonds is 2. The van der Waals surface area contributed by atoms with Crippen molar-refractivity contribution in [3.63, 3.8) is 0 Å². The molecule has 1 saturated heterocycles. The molecule has 8 nitrogen and oxygen atoms in total. The minimum absolute atomic E-state index is 0.0448. The Bertz CT molecular complexity index is 889. The Kier molecular flexibility index (Phi) is 4.06. The molecule has 3 atom stereocenters. The molecule has 1 heterocycles. The van der Waals surface area contributed by atoms with E-state index in [0.29, 0.717) is 12.1 Å². The zero-order valence-electron chi connectivity index (χ0n) is 12.5. The molecule has 3 unspecified atom stereocenters. The van der Waals surface area contributed by atoms with Gasteiger partial charge in [0.2, 0.25) is 5.91 Å². The molecule has 3 rings (SSSR count). The Labute approximate surface area is 146 Å². The van der Waals surface area contributed by atoms with Crippen LogP contribution in [0.5, 0.6) is 5.75 Å². The van der Waals surface area contributed by atoms with Gasteiger partial charge in [-0.25, -0.2) is 9.29 Å². The number of hydrogen-bond acceptors (Lipinski definition) is 6. The van der Waals surface area contributed by atoms with Crippen molar-refractivity contribution >= 4 is 39.2 Å². The number of aliphatic hydroxyl groups excluding tert-OH is 1. The first-order chi connectivity index (χ1) is 11.5. The first-order valence-corrected chi connectivity index (χ1v) is 9.05. The smallest absolute Gasteiger partial charge is 0.280 e. The van der Waals surface area contributed by atoms with Gasteiger partial charge in [0.1, 0.15) is 11.6 Å². The van der Waals surface area contributed by atoms with Gasteiger partial charge in [-0.3, -0.25) is 14.1 Å². The van der Waals surface area contributed by atoms with Crippen molar-refractivity contribution in [1.82, 2.24) is 0 Å². The van der Waals surface area contributed by atoms with E-state index in [9.17, 15) is 37.2 Å². The van der Waals surface area contributed by atoms with Gasteiger partial charge in [-0.1, -0.05) is 11.6 Å². The maximum Gasteiger partial charge on any atom is 0.280 e. The molecule has 1 aromatic carbocycles. The lowest BCUT2D eigenvalue weighted by Gasteiger charge is -2.35. The summed E-state index contributed by atoms with van der Waals surface area (Å²) in [5.74, 6) is -6.08. The quantitative estimate of drug-likeness (QED) is 0.501. The largest absolute Gasteiger partial charge is 0.506 e. The number of phenols is 1. The maximum atomic E-state index is 14.2. The molecule has 2 fully saturated rings. The van der Waals surface area contributed by atoms with Gasteiger partial charge in [0.25, 0.3) is 16.0 Å². The summed E-state index contributed by atoms with van der Waals surface area (Å²) in [5.41, 5.74) is -0.707. The molecule has 136 valence electrons. The molecule has 0 spiro atoms. The number of amides is 2. The van der Waals surface area contributed by atoms with Gasteiger partial charge in [0.15, 0.2) is 4.75 Å². The molecular weight excluding hydrogens is 381 g/mol. The highest BCUT2D eigenvalue weighted by molar-refractivity contribution is 7.88. The van der Waals surface area contributed by atoms with Crippen LogP contribution in [0.1, 0.15) is 19.3 Å². The number of nitrogens with zero attached hydrogens (tertiary/aromatic N) is 1. The molecule has 1 saturated carbocycles. The molecule has 1 aromatic rings. The number of carbonyl (C=O) groups is 2. The third-order valence-corrected chi connectivity index (χ3v) is 6.56. The van der Waals surface area contributed by atoms with E-state index in [1.807, 2.05) is 0 Å². The van der Waals surface area contributed by atoms with Crippen LogP contribution in [0.25, 0.3) is 0 Å². The lowest BCUT2D eigenvalue weighted by atomic mass is 9.78. The van der Waals surface area contributed by atoms with Gasteiger partial charge in [-0.15, -0.1) is 0 Å². The predicted octanol–water partition coefficient (Wildman–Crippen LogP) is 0.846. The Hall–Kier alpha value is -1.75. The minimum atomic E-state index is -5.09. The monoisotopic (exact) mass is 393 g/mol. The van der Waals surface area contributed by atoms with Crippen LogP contribution in [0.3, 0.4) is 0 Å². The molecule has 1 aliphatic heterocycles. The highest BCUT2D eigenvalue weighted by Gasteiger charge is 2.70. The Morgan fingerprint density at radius 1 is 1.32 bits per heavy atom. The zero-order chi connectivity index (χ0) is 18.7. The Morgan fingerprint density at radius 3 is 2.52 bits per heavy atom. The number of phenolic OH excluding ortho intramolecular Hbond substituents is 1. The topological polar surface area (TPSA) is 132 Å². The van der Waals surface area contributed by atoms with Crippen molar-refractivity contribution in [1.29, 1.82) is 0 Å². The molecule has 2 aliphatic rings. The number of aliphatic hydroxyl groups is 1. The number of imide groups is 1. The number of fused-ring (bicyclic) bond motifs is 1. The van der Waals surface area contributed by atoms with Crippen molar-refractivity contribution in [3.05, 3.63) is 23.0 Å². The lowest BCUT2D eigenvalue weighted by Crippen LogP contribution is -2.55. The van der Waals surface area contributed by atoms with E-state index in [2.05, 4.69) is 0 Å². The van der Waals surface area contributed by atoms with Crippen LogP contribution in [0, 0.1) is 11.7 Å². The van der Waals surface area contributed by atoms with Crippen LogP contribution < -0.4 is 4.90 Å². The summed E-state index contributed by atoms with van der Waals surface area (Å²) in [4.78, 5) is 25.7. The number of benzene rings is 1. The summed E-state index contributed by atoms with van der Waals surface area (Å²) in [7, 11) is -5.09. The van der Waals surface area contributed by atoms with E-state index in [4.69, 9.17) is 11.6 Å². The minimum Gasteiger partial charge on any atom is -0.506 e. The number of halogens is 2. The fourth-order valence-electron chi connectivity index (χ4n) is 3.56. The van der Waals surface area contributed by atoms with Crippen molar-refractivity contribution in [2.75, 3.05) is 4.90 Å². The van der Waals surface area contributed by atoms with Gasteiger partial charge < -0.3 is 10.2 Å². The highest BCUT2D eigenvalue weighted by atomic mass is 35.5. The molecular formula is C14H13ClFNO7S. The fraction of sp³-hybridized carbons (Fsp3) is 0.429. The summed E-state index contributed by atoms with van der Waals surface area (Å²) in [6, 6.07) is 1.36. The Balaban J connectivity index is 2.24. The summed E-state index contributed by atoms with van der Waals surface area (Å²) in [5, 5.41) is 19.3. The molecule has 2 amide bonds. The van der Waals surface area contributed by atoms with Gasteiger partial charge in [0.05, 0.1) is 22.7 Å². The second kappa shape index (κ2) is 5.63. The average Bonchev–Trinajstić information content (AvgIpc) is 2.73. The van der Waals surface area contributed by atoms with E-state index >= 15 is 0 Å². The van der Waals surface area contributed by atoms with E-state index in [1.54, 1.807) is 0 Å². The third kappa shape index (κ3) is 2.35. The van der Waals surface area contributed by atoms with Gasteiger partial charge in [-0.05, 0) is 25.3 Å². The van der Waals surface area contributed by atoms with Crippen LogP contribution >= 0.6 is 11.6 Å². The molecule has 0 bridgehead atoms.